The van der Waals surface area contributed by atoms with E-state index in [1.807, 2.05) is 32.0 Å². The Hall–Kier alpha value is -3.00. The number of hydrogen-bond donors (Lipinski definition) is 3. The molecule has 3 rings (SSSR count). The van der Waals surface area contributed by atoms with E-state index < -0.39 is 0 Å². The molecule has 0 bridgehead atoms. The SMILES string of the molecule is CC(C)NC(=O)c1cccc(C(=O)NCc2ccc3nc(NC(C)C)sc3c2)n1. The number of nitrogens with one attached hydrogen (secondary N) is 3. The van der Waals surface area contributed by atoms with Crippen molar-refractivity contribution in [2.75, 3.05) is 5.32 Å². The van der Waals surface area contributed by atoms with Crippen molar-refractivity contribution >= 4 is 38.5 Å². The van der Waals surface area contributed by atoms with Crippen LogP contribution in [0.2, 0.25) is 0 Å². The van der Waals surface area contributed by atoms with Crippen LogP contribution >= 0.6 is 11.3 Å². The molecule has 152 valence electrons. The molecule has 29 heavy (non-hydrogen) atoms. The second-order valence-corrected chi connectivity index (χ2v) is 8.37. The van der Waals surface area contributed by atoms with Gasteiger partial charge in [0.1, 0.15) is 11.4 Å². The maximum absolute atomic E-state index is 12.5. The monoisotopic (exact) mass is 411 g/mol. The fraction of sp³-hybridized carbons (Fsp3) is 0.333. The van der Waals surface area contributed by atoms with Crippen LogP contribution in [-0.2, 0) is 6.54 Å². The maximum Gasteiger partial charge on any atom is 0.270 e. The Labute approximate surface area is 174 Å². The molecule has 2 heterocycles. The highest BCUT2D eigenvalue weighted by atomic mass is 32.1. The van der Waals surface area contributed by atoms with Crippen molar-refractivity contribution in [1.29, 1.82) is 0 Å². The Morgan fingerprint density at radius 1 is 0.966 bits per heavy atom. The van der Waals surface area contributed by atoms with E-state index >= 15 is 0 Å². The first-order chi connectivity index (χ1) is 13.8. The van der Waals surface area contributed by atoms with Crippen molar-refractivity contribution in [2.24, 2.45) is 0 Å². The first-order valence-electron chi connectivity index (χ1n) is 9.54. The molecule has 8 heteroatoms. The summed E-state index contributed by atoms with van der Waals surface area (Å²) in [5.41, 5.74) is 2.34. The number of amides is 2. The molecule has 0 spiro atoms. The Balaban J connectivity index is 1.66. The number of fused-ring (bicyclic) bond motifs is 1. The summed E-state index contributed by atoms with van der Waals surface area (Å²) in [6.07, 6.45) is 0. The van der Waals surface area contributed by atoms with Gasteiger partial charge in [0.2, 0.25) is 0 Å². The van der Waals surface area contributed by atoms with Gasteiger partial charge in [-0.1, -0.05) is 23.5 Å². The highest BCUT2D eigenvalue weighted by molar-refractivity contribution is 7.22. The van der Waals surface area contributed by atoms with Crippen molar-refractivity contribution in [3.8, 4) is 0 Å². The molecule has 2 aromatic heterocycles. The van der Waals surface area contributed by atoms with Gasteiger partial charge in [0, 0.05) is 18.6 Å². The molecular weight excluding hydrogens is 386 g/mol. The van der Waals surface area contributed by atoms with Gasteiger partial charge >= 0.3 is 0 Å². The summed E-state index contributed by atoms with van der Waals surface area (Å²) in [5, 5.41) is 9.83. The van der Waals surface area contributed by atoms with Gasteiger partial charge in [-0.3, -0.25) is 9.59 Å². The van der Waals surface area contributed by atoms with E-state index in [1.165, 1.54) is 0 Å². The van der Waals surface area contributed by atoms with Crippen LogP contribution in [0, 0.1) is 0 Å². The molecule has 0 fully saturated rings. The van der Waals surface area contributed by atoms with Gasteiger partial charge in [-0.15, -0.1) is 0 Å². The number of nitrogens with zero attached hydrogens (tertiary/aromatic N) is 2. The Morgan fingerprint density at radius 2 is 1.69 bits per heavy atom. The molecular formula is C21H25N5O2S. The van der Waals surface area contributed by atoms with E-state index in [-0.39, 0.29) is 29.2 Å². The third kappa shape index (κ3) is 5.51. The van der Waals surface area contributed by atoms with Crippen molar-refractivity contribution in [2.45, 2.75) is 46.3 Å². The number of pyridine rings is 1. The Bertz CT molecular complexity index is 1030. The zero-order valence-electron chi connectivity index (χ0n) is 16.9. The summed E-state index contributed by atoms with van der Waals surface area (Å²) in [6.45, 7) is 8.25. The lowest BCUT2D eigenvalue weighted by atomic mass is 10.2. The molecule has 0 unspecified atom stereocenters. The largest absolute Gasteiger partial charge is 0.359 e. The second kappa shape index (κ2) is 9.00. The number of hydrogen-bond acceptors (Lipinski definition) is 6. The van der Waals surface area contributed by atoms with Gasteiger partial charge in [0.15, 0.2) is 5.13 Å². The Morgan fingerprint density at radius 3 is 2.38 bits per heavy atom. The van der Waals surface area contributed by atoms with E-state index in [1.54, 1.807) is 29.5 Å². The van der Waals surface area contributed by atoms with Gasteiger partial charge < -0.3 is 16.0 Å². The third-order valence-electron chi connectivity index (χ3n) is 3.95. The summed E-state index contributed by atoms with van der Waals surface area (Å²) in [6, 6.07) is 11.1. The molecule has 3 aromatic rings. The molecule has 0 aliphatic rings. The average molecular weight is 412 g/mol. The molecule has 0 aliphatic carbocycles. The number of carbonyl (C=O) groups is 2. The number of thiazole rings is 1. The molecule has 0 aliphatic heterocycles. The minimum atomic E-state index is -0.323. The summed E-state index contributed by atoms with van der Waals surface area (Å²) >= 11 is 1.59. The van der Waals surface area contributed by atoms with Crippen molar-refractivity contribution in [3.63, 3.8) is 0 Å². The minimum Gasteiger partial charge on any atom is -0.359 e. The van der Waals surface area contributed by atoms with E-state index in [2.05, 4.69) is 39.8 Å². The number of rotatable bonds is 7. The van der Waals surface area contributed by atoms with Crippen LogP contribution in [0.15, 0.2) is 36.4 Å². The van der Waals surface area contributed by atoms with Crippen LogP contribution in [0.5, 0.6) is 0 Å². The lowest BCUT2D eigenvalue weighted by Gasteiger charge is -2.09. The lowest BCUT2D eigenvalue weighted by molar-refractivity contribution is 0.0936. The number of aromatic nitrogens is 2. The molecule has 1 aromatic carbocycles. The van der Waals surface area contributed by atoms with Gasteiger partial charge in [-0.2, -0.15) is 0 Å². The van der Waals surface area contributed by atoms with Crippen LogP contribution in [0.3, 0.4) is 0 Å². The van der Waals surface area contributed by atoms with Crippen molar-refractivity contribution < 1.29 is 9.59 Å². The molecule has 0 radical (unpaired) electrons. The third-order valence-corrected chi connectivity index (χ3v) is 4.90. The molecule has 0 saturated heterocycles. The zero-order valence-corrected chi connectivity index (χ0v) is 17.8. The fourth-order valence-electron chi connectivity index (χ4n) is 2.68. The number of benzene rings is 1. The highest BCUT2D eigenvalue weighted by Gasteiger charge is 2.13. The van der Waals surface area contributed by atoms with Crippen LogP contribution in [0.1, 0.15) is 54.2 Å². The predicted octanol–water partition coefficient (Wildman–Crippen LogP) is 3.58. The standard InChI is InChI=1S/C21H25N5O2S/c1-12(2)23-20(28)17-7-5-6-16(25-17)19(27)22-11-14-8-9-15-18(10-14)29-21(26-15)24-13(3)4/h5-10,12-13H,11H2,1-4H3,(H,22,27)(H,23,28)(H,24,26). The van der Waals surface area contributed by atoms with Gasteiger partial charge in [0.25, 0.3) is 11.8 Å². The first-order valence-corrected chi connectivity index (χ1v) is 10.4. The highest BCUT2D eigenvalue weighted by Crippen LogP contribution is 2.27. The summed E-state index contributed by atoms with van der Waals surface area (Å²) < 4.78 is 1.06. The smallest absolute Gasteiger partial charge is 0.270 e. The first kappa shape index (κ1) is 20.7. The Kier molecular flexibility index (Phi) is 6.43. The van der Waals surface area contributed by atoms with Gasteiger partial charge in [-0.05, 0) is 57.5 Å². The van der Waals surface area contributed by atoms with Crippen molar-refractivity contribution in [3.05, 3.63) is 53.3 Å². The van der Waals surface area contributed by atoms with Gasteiger partial charge in [0.05, 0.1) is 10.2 Å². The molecule has 2 amide bonds. The predicted molar refractivity (Wildman–Crippen MR) is 116 cm³/mol. The quantitative estimate of drug-likeness (QED) is 0.552. The molecule has 7 nitrogen and oxygen atoms in total. The van der Waals surface area contributed by atoms with E-state index in [4.69, 9.17) is 0 Å². The van der Waals surface area contributed by atoms with Crippen LogP contribution in [0.4, 0.5) is 5.13 Å². The summed E-state index contributed by atoms with van der Waals surface area (Å²) in [7, 11) is 0. The topological polar surface area (TPSA) is 96.0 Å². The normalized spacial score (nSPS) is 11.1. The van der Waals surface area contributed by atoms with Crippen LogP contribution < -0.4 is 16.0 Å². The molecule has 0 saturated carbocycles. The maximum atomic E-state index is 12.5. The van der Waals surface area contributed by atoms with E-state index in [9.17, 15) is 9.59 Å². The number of carbonyl (C=O) groups excluding carboxylic acids is 2. The van der Waals surface area contributed by atoms with E-state index in [0.29, 0.717) is 12.6 Å². The van der Waals surface area contributed by atoms with Gasteiger partial charge in [-0.25, -0.2) is 9.97 Å². The minimum absolute atomic E-state index is 0.000282. The molecule has 3 N–H and O–H groups in total. The van der Waals surface area contributed by atoms with Crippen LogP contribution in [-0.4, -0.2) is 33.9 Å². The summed E-state index contributed by atoms with van der Waals surface area (Å²) in [5.74, 6) is -0.619. The van der Waals surface area contributed by atoms with E-state index in [0.717, 1.165) is 20.9 Å². The summed E-state index contributed by atoms with van der Waals surface area (Å²) in [4.78, 5) is 33.3. The fourth-order valence-corrected chi connectivity index (χ4v) is 3.76. The molecule has 0 atom stereocenters. The average Bonchev–Trinajstić information content (AvgIpc) is 3.06. The zero-order chi connectivity index (χ0) is 21.0. The van der Waals surface area contributed by atoms with Crippen molar-refractivity contribution in [1.82, 2.24) is 20.6 Å². The second-order valence-electron chi connectivity index (χ2n) is 7.34. The number of anilines is 1. The van der Waals surface area contributed by atoms with Crippen LogP contribution in [0.25, 0.3) is 10.2 Å². The lowest BCUT2D eigenvalue weighted by Crippen LogP contribution is -2.31.